The fourth-order valence-corrected chi connectivity index (χ4v) is 5.68. The number of ether oxygens (including phenoxy) is 1. The van der Waals surface area contributed by atoms with Crippen LogP contribution in [0.2, 0.25) is 0 Å². The molecule has 3 rings (SSSR count). The van der Waals surface area contributed by atoms with Gasteiger partial charge in [0.1, 0.15) is 5.82 Å². The van der Waals surface area contributed by atoms with Crippen molar-refractivity contribution < 1.29 is 17.5 Å². The van der Waals surface area contributed by atoms with E-state index in [0.29, 0.717) is 5.56 Å². The van der Waals surface area contributed by atoms with Gasteiger partial charge in [0.15, 0.2) is 0 Å². The van der Waals surface area contributed by atoms with Gasteiger partial charge in [0.2, 0.25) is 10.0 Å². The Morgan fingerprint density at radius 1 is 1.29 bits per heavy atom. The Bertz CT molecular complexity index is 605. The van der Waals surface area contributed by atoms with E-state index in [1.807, 2.05) is 0 Å². The topological polar surface area (TPSA) is 46.6 Å². The van der Waals surface area contributed by atoms with Crippen LogP contribution in [0.4, 0.5) is 4.39 Å². The zero-order valence-corrected chi connectivity index (χ0v) is 12.9. The average molecular weight is 313 g/mol. The highest BCUT2D eigenvalue weighted by Crippen LogP contribution is 2.39. The maximum Gasteiger partial charge on any atom is 0.218 e. The normalized spacial score (nSPS) is 29.7. The molecule has 0 amide bonds. The van der Waals surface area contributed by atoms with Crippen molar-refractivity contribution in [1.82, 2.24) is 4.31 Å². The molecule has 1 aromatic rings. The average Bonchev–Trinajstić information content (AvgIpc) is 2.71. The Morgan fingerprint density at radius 3 is 2.52 bits per heavy atom. The van der Waals surface area contributed by atoms with Crippen molar-refractivity contribution in [1.29, 1.82) is 0 Å². The van der Waals surface area contributed by atoms with Gasteiger partial charge >= 0.3 is 0 Å². The second-order valence-corrected chi connectivity index (χ2v) is 7.80. The van der Waals surface area contributed by atoms with Crippen LogP contribution in [0.5, 0.6) is 0 Å². The van der Waals surface area contributed by atoms with E-state index in [4.69, 9.17) is 4.74 Å². The van der Waals surface area contributed by atoms with Crippen molar-refractivity contribution >= 4 is 10.0 Å². The van der Waals surface area contributed by atoms with Gasteiger partial charge in [-0.3, -0.25) is 0 Å². The Balaban J connectivity index is 1.80. The van der Waals surface area contributed by atoms with E-state index >= 15 is 0 Å². The number of sulfonamides is 1. The van der Waals surface area contributed by atoms with Crippen LogP contribution < -0.4 is 0 Å². The quantitative estimate of drug-likeness (QED) is 0.857. The molecular formula is C15H20FNO3S. The number of rotatable bonds is 4. The number of methoxy groups -OCH3 is 1. The van der Waals surface area contributed by atoms with Crippen LogP contribution in [0.25, 0.3) is 0 Å². The summed E-state index contributed by atoms with van der Waals surface area (Å²) in [5.41, 5.74) is 0.503. The molecule has 2 aliphatic rings. The van der Waals surface area contributed by atoms with E-state index < -0.39 is 15.8 Å². The Hall–Kier alpha value is -0.980. The van der Waals surface area contributed by atoms with Crippen molar-refractivity contribution in [3.63, 3.8) is 0 Å². The molecule has 4 nitrogen and oxygen atoms in total. The van der Waals surface area contributed by atoms with Crippen LogP contribution in [0.1, 0.15) is 31.2 Å². The fourth-order valence-electron chi connectivity index (χ4n) is 3.64. The summed E-state index contributed by atoms with van der Waals surface area (Å²) in [5, 5.41) is 0. The molecule has 0 aliphatic carbocycles. The zero-order chi connectivity index (χ0) is 15.0. The minimum atomic E-state index is -3.41. The molecule has 0 saturated carbocycles. The first-order valence-electron chi connectivity index (χ1n) is 7.28. The first kappa shape index (κ1) is 14.9. The van der Waals surface area contributed by atoms with E-state index in [-0.39, 0.29) is 23.9 Å². The summed E-state index contributed by atoms with van der Waals surface area (Å²) in [6, 6.07) is 5.89. The van der Waals surface area contributed by atoms with Crippen LogP contribution in [-0.2, 0) is 20.5 Å². The fraction of sp³-hybridized carbons (Fsp3) is 0.600. The predicted octanol–water partition coefficient (Wildman–Crippen LogP) is 2.30. The number of fused-ring (bicyclic) bond motifs is 2. The Morgan fingerprint density at radius 2 is 1.95 bits per heavy atom. The van der Waals surface area contributed by atoms with Gasteiger partial charge < -0.3 is 4.74 Å². The molecule has 1 aromatic carbocycles. The molecule has 21 heavy (non-hydrogen) atoms. The Labute approximate surface area is 125 Å². The molecule has 2 atom stereocenters. The highest BCUT2D eigenvalue weighted by molar-refractivity contribution is 7.88. The van der Waals surface area contributed by atoms with E-state index in [1.165, 1.54) is 12.1 Å². The van der Waals surface area contributed by atoms with Crippen molar-refractivity contribution in [2.75, 3.05) is 7.11 Å². The Kier molecular flexibility index (Phi) is 4.03. The lowest BCUT2D eigenvalue weighted by atomic mass is 10.0. The third-order valence-electron chi connectivity index (χ3n) is 4.52. The molecule has 2 saturated heterocycles. The van der Waals surface area contributed by atoms with Gasteiger partial charge in [0, 0.05) is 19.2 Å². The first-order chi connectivity index (χ1) is 9.99. The largest absolute Gasteiger partial charge is 0.381 e. The molecule has 0 N–H and O–H groups in total. The van der Waals surface area contributed by atoms with Gasteiger partial charge in [-0.2, -0.15) is 4.31 Å². The molecule has 2 bridgehead atoms. The summed E-state index contributed by atoms with van der Waals surface area (Å²) in [6.07, 6.45) is 3.47. The van der Waals surface area contributed by atoms with E-state index in [9.17, 15) is 12.8 Å². The van der Waals surface area contributed by atoms with Crippen LogP contribution in [0, 0.1) is 5.82 Å². The third-order valence-corrected chi connectivity index (χ3v) is 6.45. The second-order valence-electron chi connectivity index (χ2n) is 5.93. The SMILES string of the molecule is COC1CC2CCC(C1)N2S(=O)(=O)Cc1cccc(F)c1. The summed E-state index contributed by atoms with van der Waals surface area (Å²) in [7, 11) is -1.73. The van der Waals surface area contributed by atoms with Gasteiger partial charge in [-0.15, -0.1) is 0 Å². The smallest absolute Gasteiger partial charge is 0.218 e. The third kappa shape index (κ3) is 2.98. The van der Waals surface area contributed by atoms with E-state index in [0.717, 1.165) is 25.7 Å². The van der Waals surface area contributed by atoms with Crippen LogP contribution in [-0.4, -0.2) is 38.0 Å². The maximum atomic E-state index is 13.2. The van der Waals surface area contributed by atoms with Gasteiger partial charge in [-0.25, -0.2) is 12.8 Å². The minimum absolute atomic E-state index is 0.0345. The van der Waals surface area contributed by atoms with Crippen molar-refractivity contribution in [3.8, 4) is 0 Å². The number of piperidine rings is 1. The van der Waals surface area contributed by atoms with Gasteiger partial charge in [0.25, 0.3) is 0 Å². The lowest BCUT2D eigenvalue weighted by Crippen LogP contribution is -2.48. The molecule has 0 aromatic heterocycles. The molecule has 2 unspecified atom stereocenters. The summed E-state index contributed by atoms with van der Waals surface area (Å²) >= 11 is 0. The molecule has 2 aliphatic heterocycles. The van der Waals surface area contributed by atoms with Crippen LogP contribution in [0.15, 0.2) is 24.3 Å². The van der Waals surface area contributed by atoms with E-state index in [1.54, 1.807) is 23.5 Å². The molecule has 2 fully saturated rings. The van der Waals surface area contributed by atoms with Crippen LogP contribution in [0.3, 0.4) is 0 Å². The number of hydrogen-bond acceptors (Lipinski definition) is 3. The molecule has 2 heterocycles. The molecule has 0 spiro atoms. The number of nitrogens with zero attached hydrogens (tertiary/aromatic N) is 1. The number of benzene rings is 1. The van der Waals surface area contributed by atoms with Crippen LogP contribution >= 0.6 is 0 Å². The van der Waals surface area contributed by atoms with E-state index in [2.05, 4.69) is 0 Å². The summed E-state index contributed by atoms with van der Waals surface area (Å²) in [4.78, 5) is 0. The molecular weight excluding hydrogens is 293 g/mol. The highest BCUT2D eigenvalue weighted by Gasteiger charge is 2.46. The summed E-state index contributed by atoms with van der Waals surface area (Å²) in [5.74, 6) is -0.529. The van der Waals surface area contributed by atoms with Gasteiger partial charge in [-0.1, -0.05) is 12.1 Å². The molecule has 116 valence electrons. The highest BCUT2D eigenvalue weighted by atomic mass is 32.2. The zero-order valence-electron chi connectivity index (χ0n) is 12.0. The molecule has 6 heteroatoms. The monoisotopic (exact) mass is 313 g/mol. The standard InChI is InChI=1S/C15H20FNO3S/c1-20-15-8-13-5-6-14(9-15)17(13)21(18,19)10-11-3-2-4-12(16)7-11/h2-4,7,13-15H,5-6,8-10H2,1H3. The van der Waals surface area contributed by atoms with Crippen molar-refractivity contribution in [3.05, 3.63) is 35.6 Å². The van der Waals surface area contributed by atoms with Gasteiger partial charge in [0.05, 0.1) is 11.9 Å². The molecule has 0 radical (unpaired) electrons. The first-order valence-corrected chi connectivity index (χ1v) is 8.89. The lowest BCUT2D eigenvalue weighted by Gasteiger charge is -2.37. The number of halogens is 1. The summed E-state index contributed by atoms with van der Waals surface area (Å²) < 4.78 is 45.6. The van der Waals surface area contributed by atoms with Crippen molar-refractivity contribution in [2.45, 2.75) is 49.6 Å². The van der Waals surface area contributed by atoms with Gasteiger partial charge in [-0.05, 0) is 43.4 Å². The number of hydrogen-bond donors (Lipinski definition) is 0. The predicted molar refractivity (Wildman–Crippen MR) is 77.7 cm³/mol. The lowest BCUT2D eigenvalue weighted by molar-refractivity contribution is 0.0349. The maximum absolute atomic E-state index is 13.2. The van der Waals surface area contributed by atoms with Crippen molar-refractivity contribution in [2.24, 2.45) is 0 Å². The minimum Gasteiger partial charge on any atom is -0.381 e. The summed E-state index contributed by atoms with van der Waals surface area (Å²) in [6.45, 7) is 0. The second kappa shape index (κ2) is 5.66.